The highest BCUT2D eigenvalue weighted by Crippen LogP contribution is 2.22. The molecule has 0 aliphatic rings. The van der Waals surface area contributed by atoms with Gasteiger partial charge in [0.25, 0.3) is 0 Å². The maximum atomic E-state index is 11.2. The van der Waals surface area contributed by atoms with Gasteiger partial charge in [0.1, 0.15) is 12.4 Å². The maximum Gasteiger partial charge on any atom is 0.345 e. The molecule has 2 aromatic rings. The Labute approximate surface area is 134 Å². The van der Waals surface area contributed by atoms with Crippen LogP contribution >= 0.6 is 0 Å². The van der Waals surface area contributed by atoms with Crippen molar-refractivity contribution >= 4 is 11.9 Å². The third kappa shape index (κ3) is 5.14. The van der Waals surface area contributed by atoms with Crippen molar-refractivity contribution in [2.24, 2.45) is 0 Å². The predicted octanol–water partition coefficient (Wildman–Crippen LogP) is 2.82. The highest BCUT2D eigenvalue weighted by Gasteiger charge is 2.22. The summed E-state index contributed by atoms with van der Waals surface area (Å²) >= 11 is 0. The van der Waals surface area contributed by atoms with E-state index in [0.29, 0.717) is 17.9 Å². The van der Waals surface area contributed by atoms with Crippen LogP contribution in [0.4, 0.5) is 0 Å². The molecular formula is C18H18O5. The van der Waals surface area contributed by atoms with Gasteiger partial charge in [-0.15, -0.1) is 0 Å². The van der Waals surface area contributed by atoms with Crippen LogP contribution in [-0.2, 0) is 27.4 Å². The minimum atomic E-state index is -1.23. The molecule has 23 heavy (non-hydrogen) atoms. The Kier molecular flexibility index (Phi) is 5.74. The topological polar surface area (TPSA) is 72.8 Å². The molecule has 120 valence electrons. The summed E-state index contributed by atoms with van der Waals surface area (Å²) in [5.74, 6) is -1.23. The summed E-state index contributed by atoms with van der Waals surface area (Å²) in [6, 6.07) is 16.8. The second-order valence-electron chi connectivity index (χ2n) is 5.02. The molecule has 0 aromatic heterocycles. The highest BCUT2D eigenvalue weighted by molar-refractivity contribution is 5.77. The minimum absolute atomic E-state index is 0.0554. The monoisotopic (exact) mass is 314 g/mol. The van der Waals surface area contributed by atoms with Crippen molar-refractivity contribution in [3.05, 3.63) is 65.7 Å². The zero-order valence-electron chi connectivity index (χ0n) is 12.8. The van der Waals surface area contributed by atoms with E-state index in [-0.39, 0.29) is 6.42 Å². The van der Waals surface area contributed by atoms with E-state index >= 15 is 0 Å². The SMILES string of the molecule is CC(=O)OC(Cc1ccccc1OCc1ccccc1)C(=O)O. The average molecular weight is 314 g/mol. The molecule has 2 aromatic carbocycles. The number of benzene rings is 2. The summed E-state index contributed by atoms with van der Waals surface area (Å²) in [5, 5.41) is 9.16. The molecule has 0 amide bonds. The number of esters is 1. The third-order valence-electron chi connectivity index (χ3n) is 3.20. The zero-order valence-corrected chi connectivity index (χ0v) is 12.8. The fourth-order valence-electron chi connectivity index (χ4n) is 2.13. The van der Waals surface area contributed by atoms with E-state index < -0.39 is 18.0 Å². The lowest BCUT2D eigenvalue weighted by Crippen LogP contribution is -2.28. The van der Waals surface area contributed by atoms with Crippen molar-refractivity contribution in [3.8, 4) is 5.75 Å². The van der Waals surface area contributed by atoms with Crippen molar-refractivity contribution in [2.75, 3.05) is 0 Å². The zero-order chi connectivity index (χ0) is 16.7. The van der Waals surface area contributed by atoms with Gasteiger partial charge in [0, 0.05) is 13.3 Å². The van der Waals surface area contributed by atoms with Crippen molar-refractivity contribution < 1.29 is 24.2 Å². The fourth-order valence-corrected chi connectivity index (χ4v) is 2.13. The number of rotatable bonds is 7. The quantitative estimate of drug-likeness (QED) is 0.796. The number of aliphatic carboxylic acids is 1. The number of hydrogen-bond donors (Lipinski definition) is 1. The Morgan fingerprint density at radius 2 is 1.70 bits per heavy atom. The normalized spacial score (nSPS) is 11.5. The van der Waals surface area contributed by atoms with Crippen LogP contribution < -0.4 is 4.74 Å². The number of carboxylic acid groups (broad SMARTS) is 1. The first kappa shape index (κ1) is 16.5. The Hall–Kier alpha value is -2.82. The molecule has 5 heteroatoms. The number of hydrogen-bond acceptors (Lipinski definition) is 4. The molecule has 0 heterocycles. The minimum Gasteiger partial charge on any atom is -0.489 e. The average Bonchev–Trinajstić information content (AvgIpc) is 2.54. The van der Waals surface area contributed by atoms with Gasteiger partial charge in [-0.1, -0.05) is 48.5 Å². The molecule has 0 spiro atoms. The molecular weight excluding hydrogens is 296 g/mol. The molecule has 0 bridgehead atoms. The first-order valence-corrected chi connectivity index (χ1v) is 7.21. The molecule has 0 radical (unpaired) electrons. The van der Waals surface area contributed by atoms with E-state index in [1.807, 2.05) is 36.4 Å². The molecule has 1 atom stereocenters. The van der Waals surface area contributed by atoms with Crippen LogP contribution in [0.2, 0.25) is 0 Å². The smallest absolute Gasteiger partial charge is 0.345 e. The molecule has 0 aliphatic carbocycles. The molecule has 0 saturated heterocycles. The van der Waals surface area contributed by atoms with Gasteiger partial charge in [0.15, 0.2) is 0 Å². The Bertz CT molecular complexity index is 666. The van der Waals surface area contributed by atoms with Crippen molar-refractivity contribution in [2.45, 2.75) is 26.1 Å². The van der Waals surface area contributed by atoms with Crippen LogP contribution in [-0.4, -0.2) is 23.1 Å². The number of carbonyl (C=O) groups excluding carboxylic acids is 1. The molecule has 2 rings (SSSR count). The predicted molar refractivity (Wildman–Crippen MR) is 84.1 cm³/mol. The van der Waals surface area contributed by atoms with E-state index in [1.165, 1.54) is 6.92 Å². The molecule has 1 N–H and O–H groups in total. The Morgan fingerprint density at radius 1 is 1.04 bits per heavy atom. The number of ether oxygens (including phenoxy) is 2. The van der Waals surface area contributed by atoms with Gasteiger partial charge in [0.2, 0.25) is 6.10 Å². The van der Waals surface area contributed by atoms with Crippen molar-refractivity contribution in [3.63, 3.8) is 0 Å². The largest absolute Gasteiger partial charge is 0.489 e. The van der Waals surface area contributed by atoms with E-state index in [0.717, 1.165) is 5.56 Å². The Morgan fingerprint density at radius 3 is 2.35 bits per heavy atom. The van der Waals surface area contributed by atoms with Gasteiger partial charge in [-0.25, -0.2) is 4.79 Å². The van der Waals surface area contributed by atoms with Crippen LogP contribution in [0.3, 0.4) is 0 Å². The lowest BCUT2D eigenvalue weighted by molar-refractivity contribution is -0.162. The number of carbonyl (C=O) groups is 2. The lowest BCUT2D eigenvalue weighted by atomic mass is 10.1. The summed E-state index contributed by atoms with van der Waals surface area (Å²) in [7, 11) is 0. The van der Waals surface area contributed by atoms with Crippen molar-refractivity contribution in [1.82, 2.24) is 0 Å². The van der Waals surface area contributed by atoms with Crippen LogP contribution in [0.15, 0.2) is 54.6 Å². The summed E-state index contributed by atoms with van der Waals surface area (Å²) in [4.78, 5) is 22.2. The van der Waals surface area contributed by atoms with E-state index in [1.54, 1.807) is 18.2 Å². The van der Waals surface area contributed by atoms with Gasteiger partial charge in [-0.05, 0) is 17.2 Å². The molecule has 0 aliphatic heterocycles. The molecule has 0 fully saturated rings. The van der Waals surface area contributed by atoms with Gasteiger partial charge in [-0.3, -0.25) is 4.79 Å². The van der Waals surface area contributed by atoms with E-state index in [2.05, 4.69) is 0 Å². The summed E-state index contributed by atoms with van der Waals surface area (Å²) in [6.07, 6.45) is -1.17. The van der Waals surface area contributed by atoms with Crippen LogP contribution in [0, 0.1) is 0 Å². The van der Waals surface area contributed by atoms with Crippen LogP contribution in [0.25, 0.3) is 0 Å². The van der Waals surface area contributed by atoms with Gasteiger partial charge >= 0.3 is 11.9 Å². The van der Waals surface area contributed by atoms with E-state index in [9.17, 15) is 9.59 Å². The molecule has 5 nitrogen and oxygen atoms in total. The van der Waals surface area contributed by atoms with Gasteiger partial charge in [-0.2, -0.15) is 0 Å². The van der Waals surface area contributed by atoms with Crippen molar-refractivity contribution in [1.29, 1.82) is 0 Å². The highest BCUT2D eigenvalue weighted by atomic mass is 16.6. The standard InChI is InChI=1S/C18H18O5/c1-13(19)23-17(18(20)21)11-15-9-5-6-10-16(15)22-12-14-7-3-2-4-8-14/h2-10,17H,11-12H2,1H3,(H,20,21). The first-order chi connectivity index (χ1) is 11.1. The first-order valence-electron chi connectivity index (χ1n) is 7.21. The molecule has 0 saturated carbocycles. The van der Waals surface area contributed by atoms with Crippen LogP contribution in [0.1, 0.15) is 18.1 Å². The maximum absolute atomic E-state index is 11.2. The fraction of sp³-hybridized carbons (Fsp3) is 0.222. The lowest BCUT2D eigenvalue weighted by Gasteiger charge is -2.16. The molecule has 1 unspecified atom stereocenters. The Balaban J connectivity index is 2.10. The second kappa shape index (κ2) is 7.98. The van der Waals surface area contributed by atoms with Gasteiger partial charge < -0.3 is 14.6 Å². The number of carboxylic acids is 1. The van der Waals surface area contributed by atoms with Crippen LogP contribution in [0.5, 0.6) is 5.75 Å². The van der Waals surface area contributed by atoms with E-state index in [4.69, 9.17) is 14.6 Å². The summed E-state index contributed by atoms with van der Waals surface area (Å²) in [5.41, 5.74) is 1.69. The summed E-state index contributed by atoms with van der Waals surface area (Å²) in [6.45, 7) is 1.57. The number of para-hydroxylation sites is 1. The summed E-state index contributed by atoms with van der Waals surface area (Å²) < 4.78 is 10.6. The second-order valence-corrected chi connectivity index (χ2v) is 5.02. The third-order valence-corrected chi connectivity index (χ3v) is 3.20. The van der Waals surface area contributed by atoms with Gasteiger partial charge in [0.05, 0.1) is 0 Å².